The molecule has 1 aliphatic rings. The predicted molar refractivity (Wildman–Crippen MR) is 242 cm³/mol. The van der Waals surface area contributed by atoms with Gasteiger partial charge in [0.05, 0.1) is 0 Å². The molecule has 0 amide bonds. The normalized spacial score (nSPS) is 14.3. The van der Waals surface area contributed by atoms with Crippen molar-refractivity contribution in [2.45, 2.75) is 65.7 Å². The summed E-state index contributed by atoms with van der Waals surface area (Å²) in [6.07, 6.45) is 2.91. The van der Waals surface area contributed by atoms with Crippen LogP contribution in [-0.2, 0) is 36.6 Å². The molecule has 9 rings (SSSR count). The third-order valence-corrected chi connectivity index (χ3v) is 12.5. The standard InChI is InChI=1S/C54H50N4O.Pt/c1-37-29-40-25-26-45(34-50(40)56(35-37)51-32-41(27-28-55-51)53(2,3)4)59-44-22-16-21-43(33-44)57-36-58(49-24-15-14-23-48(49)57)52-46(38-17-10-8-11-18-38)30-42(54(5,6)7)31-47(52)39-19-12-9-13-20-39;/h8-28,30-32,37H,29,35H2,1-7H3;/q-2;. The van der Waals surface area contributed by atoms with Crippen molar-refractivity contribution in [3.8, 4) is 45.1 Å². The van der Waals surface area contributed by atoms with Crippen LogP contribution in [0.1, 0.15) is 65.2 Å². The average molecular weight is 966 g/mol. The van der Waals surface area contributed by atoms with Gasteiger partial charge in [-0.15, -0.1) is 0 Å². The van der Waals surface area contributed by atoms with Gasteiger partial charge in [0.1, 0.15) is 0 Å². The number of pyridine rings is 1. The van der Waals surface area contributed by atoms with Crippen LogP contribution in [-0.4, -0.2) is 20.7 Å². The maximum absolute atomic E-state index is 6.66. The molecule has 0 N–H and O–H groups in total. The van der Waals surface area contributed by atoms with E-state index in [-0.39, 0.29) is 10.8 Å². The molecule has 1 atom stereocenters. The summed E-state index contributed by atoms with van der Waals surface area (Å²) in [7, 11) is 0. The molecule has 0 saturated carbocycles. The Morgan fingerprint density at radius 2 is 1.23 bits per heavy atom. The summed E-state index contributed by atoms with van der Waals surface area (Å²) in [5, 5.41) is 0. The van der Waals surface area contributed by atoms with Crippen molar-refractivity contribution in [1.29, 1.82) is 0 Å². The molecule has 6 aromatic carbocycles. The van der Waals surface area contributed by atoms with E-state index in [0.29, 0.717) is 17.4 Å². The monoisotopic (exact) mass is 965 g/mol. The third-order valence-electron chi connectivity index (χ3n) is 11.5. The van der Waals surface area contributed by atoms with Gasteiger partial charge in [-0.1, -0.05) is 27.7 Å². The molecule has 0 saturated heterocycles. The number of aromatic nitrogens is 3. The van der Waals surface area contributed by atoms with Crippen LogP contribution in [0.25, 0.3) is 44.7 Å². The van der Waals surface area contributed by atoms with Gasteiger partial charge in [-0.25, -0.2) is 0 Å². The Morgan fingerprint density at radius 3 is 1.87 bits per heavy atom. The van der Waals surface area contributed by atoms with E-state index in [0.717, 1.165) is 50.7 Å². The van der Waals surface area contributed by atoms with Crippen LogP contribution in [0.2, 0.25) is 0 Å². The summed E-state index contributed by atoms with van der Waals surface area (Å²) in [6, 6.07) is 57.0. The average Bonchev–Trinajstić information content (AvgIpc) is 3.54. The first-order valence-corrected chi connectivity index (χ1v) is 21.9. The van der Waals surface area contributed by atoms with E-state index in [4.69, 9.17) is 9.72 Å². The second kappa shape index (κ2) is 15.7. The molecule has 6 heteroatoms. The van der Waals surface area contributed by atoms with Gasteiger partial charge >= 0.3 is 316 Å². The second-order valence-corrected chi connectivity index (χ2v) is 19.1. The van der Waals surface area contributed by atoms with Gasteiger partial charge in [0.15, 0.2) is 0 Å². The summed E-state index contributed by atoms with van der Waals surface area (Å²) in [4.78, 5) is 7.15. The zero-order valence-electron chi connectivity index (χ0n) is 35.4. The summed E-state index contributed by atoms with van der Waals surface area (Å²) in [5.74, 6) is 2.69. The molecular formula is C54H50N4OPt-2. The number of hydrogen-bond donors (Lipinski definition) is 0. The molecule has 0 radical (unpaired) electrons. The third kappa shape index (κ3) is 7.61. The number of imidazole rings is 1. The number of ether oxygens (including phenoxy) is 1. The van der Waals surface area contributed by atoms with Crippen LogP contribution in [0.3, 0.4) is 0 Å². The number of fused-ring (bicyclic) bond motifs is 2. The van der Waals surface area contributed by atoms with Crippen LogP contribution < -0.4 is 9.64 Å². The maximum atomic E-state index is 6.66. The van der Waals surface area contributed by atoms with E-state index in [1.807, 2.05) is 24.4 Å². The molecule has 5 nitrogen and oxygen atoms in total. The van der Waals surface area contributed by atoms with Gasteiger partial charge in [0.2, 0.25) is 0 Å². The Hall–Kier alpha value is -5.77. The molecule has 3 heterocycles. The molecule has 304 valence electrons. The zero-order chi connectivity index (χ0) is 41.8. The van der Waals surface area contributed by atoms with Crippen molar-refractivity contribution in [1.82, 2.24) is 14.1 Å². The molecule has 2 aromatic heterocycles. The van der Waals surface area contributed by atoms with E-state index in [9.17, 15) is 0 Å². The summed E-state index contributed by atoms with van der Waals surface area (Å²) >= 11 is 2.50. The fourth-order valence-corrected chi connectivity index (χ4v) is 9.40. The molecule has 0 aliphatic carbocycles. The second-order valence-electron chi connectivity index (χ2n) is 18.1. The quantitative estimate of drug-likeness (QED) is 0.149. The van der Waals surface area contributed by atoms with E-state index < -0.39 is 0 Å². The minimum atomic E-state index is -0.0621. The Kier molecular flexibility index (Phi) is 10.4. The first-order valence-electron chi connectivity index (χ1n) is 20.8. The van der Waals surface area contributed by atoms with Gasteiger partial charge in [-0.3, -0.25) is 0 Å². The number of para-hydroxylation sites is 2. The van der Waals surface area contributed by atoms with Crippen LogP contribution in [0.15, 0.2) is 146 Å². The minimum absolute atomic E-state index is 0.0187. The van der Waals surface area contributed by atoms with Crippen LogP contribution in [0.4, 0.5) is 11.5 Å². The fourth-order valence-electron chi connectivity index (χ4n) is 8.32. The molecule has 60 heavy (non-hydrogen) atoms. The summed E-state index contributed by atoms with van der Waals surface area (Å²) < 4.78 is 12.4. The molecule has 1 unspecified atom stereocenters. The Morgan fingerprint density at radius 1 is 0.633 bits per heavy atom. The fraction of sp³-hybridized carbons (Fsp3) is 0.222. The number of anilines is 2. The molecule has 0 bridgehead atoms. The summed E-state index contributed by atoms with van der Waals surface area (Å²) in [6.45, 7) is 16.8. The van der Waals surface area contributed by atoms with Crippen LogP contribution >= 0.6 is 0 Å². The van der Waals surface area contributed by atoms with Crippen molar-refractivity contribution >= 4 is 22.5 Å². The number of nitrogens with zero attached hydrogens (tertiary/aromatic N) is 4. The van der Waals surface area contributed by atoms with Gasteiger partial charge in [-0.05, 0) is 17.0 Å². The van der Waals surface area contributed by atoms with Crippen molar-refractivity contribution < 1.29 is 24.1 Å². The van der Waals surface area contributed by atoms with Crippen LogP contribution in [0.5, 0.6) is 11.5 Å². The number of rotatable bonds is 7. The summed E-state index contributed by atoms with van der Waals surface area (Å²) in [5.41, 5.74) is 13.7. The zero-order valence-corrected chi connectivity index (χ0v) is 37.6. The van der Waals surface area contributed by atoms with Crippen molar-refractivity contribution in [3.05, 3.63) is 178 Å². The molecule has 0 spiro atoms. The number of hydrogen-bond acceptors (Lipinski definition) is 3. The van der Waals surface area contributed by atoms with E-state index in [1.54, 1.807) is 0 Å². The Labute approximate surface area is 365 Å². The first-order chi connectivity index (χ1) is 28.8. The molecule has 8 aromatic rings. The molecule has 0 fully saturated rings. The van der Waals surface area contributed by atoms with Gasteiger partial charge < -0.3 is 0 Å². The van der Waals surface area contributed by atoms with E-state index in [2.05, 4.69) is 215 Å². The van der Waals surface area contributed by atoms with Gasteiger partial charge in [0, 0.05) is 6.20 Å². The van der Waals surface area contributed by atoms with Crippen LogP contribution in [0, 0.1) is 21.9 Å². The van der Waals surface area contributed by atoms with Crippen molar-refractivity contribution in [2.75, 3.05) is 11.4 Å². The predicted octanol–water partition coefficient (Wildman–Crippen LogP) is 13.5. The van der Waals surface area contributed by atoms with Crippen molar-refractivity contribution in [2.24, 2.45) is 5.92 Å². The SMILES string of the molecule is CC1Cc2ccc(Oc3[c-]c(-n4[c](=[Pt])n(-c5c(-c6ccccc6)cc(C(C)(C)C)cc5-c5ccccc5)c5ccccc54)ccc3)[c-]c2N(c2cc(C(C)(C)C)ccn2)C1. The van der Waals surface area contributed by atoms with E-state index >= 15 is 0 Å². The topological polar surface area (TPSA) is 35.2 Å². The van der Waals surface area contributed by atoms with Gasteiger partial charge in [0.25, 0.3) is 0 Å². The molecule has 1 aliphatic heterocycles. The van der Waals surface area contributed by atoms with Gasteiger partial charge in [-0.2, -0.15) is 0 Å². The first kappa shape index (κ1) is 39.7. The number of benzene rings is 6. The Balaban J connectivity index is 1.17. The Bertz CT molecular complexity index is 2850. The molecular weight excluding hydrogens is 916 g/mol. The van der Waals surface area contributed by atoms with Crippen molar-refractivity contribution in [3.63, 3.8) is 0 Å². The van der Waals surface area contributed by atoms with E-state index in [1.165, 1.54) is 38.9 Å².